The molecule has 10 rings (SSSR count). The zero-order chi connectivity index (χ0) is 33.0. The van der Waals surface area contributed by atoms with Crippen molar-refractivity contribution >= 4 is 43.7 Å². The van der Waals surface area contributed by atoms with Gasteiger partial charge in [-0.1, -0.05) is 133 Å². The summed E-state index contributed by atoms with van der Waals surface area (Å²) >= 11 is 0. The number of hydrogen-bond acceptors (Lipinski definition) is 4. The molecule has 0 aliphatic carbocycles. The highest BCUT2D eigenvalue weighted by Crippen LogP contribution is 2.41. The third kappa shape index (κ3) is 4.52. The minimum absolute atomic E-state index is 0.568. The Kier molecular flexibility index (Phi) is 6.42. The molecule has 0 saturated carbocycles. The van der Waals surface area contributed by atoms with E-state index in [0.717, 1.165) is 55.3 Å². The SMILES string of the molecule is c1ccc(-c2nc(-c3ccccc3)nc(-c3cccc4c3oc3ccc(-n5c6ccccc6c6c(-c7ccccc7)cccc65)cc34)n2)cc1. The molecular formula is C45H28N4O. The normalized spacial score (nSPS) is 11.6. The van der Waals surface area contributed by atoms with Gasteiger partial charge in [-0.2, -0.15) is 0 Å². The lowest BCUT2D eigenvalue weighted by atomic mass is 9.99. The Morgan fingerprint density at radius 1 is 0.400 bits per heavy atom. The average Bonchev–Trinajstić information content (AvgIpc) is 3.74. The van der Waals surface area contributed by atoms with Gasteiger partial charge in [0, 0.05) is 38.4 Å². The molecule has 3 aromatic heterocycles. The van der Waals surface area contributed by atoms with Crippen LogP contribution in [0.3, 0.4) is 0 Å². The highest BCUT2D eigenvalue weighted by atomic mass is 16.3. The fourth-order valence-electron chi connectivity index (χ4n) is 7.19. The van der Waals surface area contributed by atoms with E-state index in [-0.39, 0.29) is 0 Å². The van der Waals surface area contributed by atoms with Crippen LogP contribution < -0.4 is 0 Å². The van der Waals surface area contributed by atoms with Gasteiger partial charge in [-0.25, -0.2) is 15.0 Å². The molecule has 0 N–H and O–H groups in total. The van der Waals surface area contributed by atoms with Crippen LogP contribution in [-0.2, 0) is 0 Å². The second-order valence-corrected chi connectivity index (χ2v) is 12.4. The zero-order valence-corrected chi connectivity index (χ0v) is 26.9. The lowest BCUT2D eigenvalue weighted by molar-refractivity contribution is 0.669. The Balaban J connectivity index is 1.18. The van der Waals surface area contributed by atoms with Crippen LogP contribution in [0.15, 0.2) is 174 Å². The van der Waals surface area contributed by atoms with E-state index in [4.69, 9.17) is 19.4 Å². The molecule has 0 aliphatic rings. The summed E-state index contributed by atoms with van der Waals surface area (Å²) in [5.41, 5.74) is 10.0. The van der Waals surface area contributed by atoms with E-state index in [9.17, 15) is 0 Å². The molecule has 0 amide bonds. The van der Waals surface area contributed by atoms with E-state index in [1.165, 1.54) is 21.9 Å². The van der Waals surface area contributed by atoms with Crippen LogP contribution in [0.25, 0.3) is 94.7 Å². The predicted molar refractivity (Wildman–Crippen MR) is 203 cm³/mol. The van der Waals surface area contributed by atoms with Gasteiger partial charge < -0.3 is 8.98 Å². The van der Waals surface area contributed by atoms with Gasteiger partial charge >= 0.3 is 0 Å². The molecule has 50 heavy (non-hydrogen) atoms. The molecule has 5 nitrogen and oxygen atoms in total. The third-order valence-corrected chi connectivity index (χ3v) is 9.46. The monoisotopic (exact) mass is 640 g/mol. The number of para-hydroxylation sites is 2. The maximum Gasteiger partial charge on any atom is 0.167 e. The van der Waals surface area contributed by atoms with Gasteiger partial charge in [0.25, 0.3) is 0 Å². The van der Waals surface area contributed by atoms with E-state index < -0.39 is 0 Å². The Morgan fingerprint density at radius 3 is 1.68 bits per heavy atom. The summed E-state index contributed by atoms with van der Waals surface area (Å²) in [4.78, 5) is 14.9. The van der Waals surface area contributed by atoms with E-state index in [2.05, 4.69) is 108 Å². The summed E-state index contributed by atoms with van der Waals surface area (Å²) in [5.74, 6) is 1.80. The largest absolute Gasteiger partial charge is 0.455 e. The molecule has 0 bridgehead atoms. The minimum atomic E-state index is 0.568. The Bertz CT molecular complexity index is 2800. The molecule has 3 heterocycles. The number of benzene rings is 7. The number of furan rings is 1. The third-order valence-electron chi connectivity index (χ3n) is 9.46. The van der Waals surface area contributed by atoms with Gasteiger partial charge in [0.05, 0.1) is 16.6 Å². The maximum absolute atomic E-state index is 6.64. The van der Waals surface area contributed by atoms with E-state index in [1.54, 1.807) is 0 Å². The zero-order valence-electron chi connectivity index (χ0n) is 26.9. The van der Waals surface area contributed by atoms with Crippen molar-refractivity contribution in [1.29, 1.82) is 0 Å². The van der Waals surface area contributed by atoms with Crippen LogP contribution in [0.2, 0.25) is 0 Å². The Morgan fingerprint density at radius 2 is 0.960 bits per heavy atom. The summed E-state index contributed by atoms with van der Waals surface area (Å²) < 4.78 is 9.01. The number of hydrogen-bond donors (Lipinski definition) is 0. The first-order valence-electron chi connectivity index (χ1n) is 16.7. The topological polar surface area (TPSA) is 56.7 Å². The molecule has 0 atom stereocenters. The number of nitrogens with zero attached hydrogens (tertiary/aromatic N) is 4. The van der Waals surface area contributed by atoms with Crippen molar-refractivity contribution in [2.24, 2.45) is 0 Å². The first-order chi connectivity index (χ1) is 24.8. The van der Waals surface area contributed by atoms with Crippen molar-refractivity contribution in [1.82, 2.24) is 19.5 Å². The second kappa shape index (κ2) is 11.4. The molecule has 0 aliphatic heterocycles. The molecule has 0 radical (unpaired) electrons. The quantitative estimate of drug-likeness (QED) is 0.188. The van der Waals surface area contributed by atoms with Crippen LogP contribution in [0.1, 0.15) is 0 Å². The van der Waals surface area contributed by atoms with Gasteiger partial charge in [-0.15, -0.1) is 0 Å². The van der Waals surface area contributed by atoms with Crippen LogP contribution in [0.4, 0.5) is 0 Å². The van der Waals surface area contributed by atoms with Crippen molar-refractivity contribution in [2.45, 2.75) is 0 Å². The van der Waals surface area contributed by atoms with E-state index in [1.807, 2.05) is 66.7 Å². The summed E-state index contributed by atoms with van der Waals surface area (Å²) in [6.07, 6.45) is 0. The number of rotatable bonds is 5. The first-order valence-corrected chi connectivity index (χ1v) is 16.7. The average molecular weight is 641 g/mol. The molecular weight excluding hydrogens is 613 g/mol. The minimum Gasteiger partial charge on any atom is -0.455 e. The van der Waals surface area contributed by atoms with Gasteiger partial charge in [0.1, 0.15) is 11.2 Å². The van der Waals surface area contributed by atoms with Crippen molar-refractivity contribution in [3.05, 3.63) is 170 Å². The molecule has 0 saturated heterocycles. The second-order valence-electron chi connectivity index (χ2n) is 12.4. The lowest BCUT2D eigenvalue weighted by Gasteiger charge is -2.09. The Labute approximate surface area is 287 Å². The highest BCUT2D eigenvalue weighted by Gasteiger charge is 2.20. The summed E-state index contributed by atoms with van der Waals surface area (Å²) in [6, 6.07) is 58.6. The molecule has 7 aromatic carbocycles. The predicted octanol–water partition coefficient (Wildman–Crippen LogP) is 11.5. The summed E-state index contributed by atoms with van der Waals surface area (Å²) in [7, 11) is 0. The molecule has 0 spiro atoms. The standard InChI is InChI=1S/C45H28N4O/c1-4-14-29(15-5-1)33-21-13-25-39-41(33)35-20-10-11-24-38(35)49(39)32-26-27-40-37(28-32)34-22-12-23-36(42(34)50-40)45-47-43(30-16-6-2-7-17-30)46-44(48-45)31-18-8-3-9-19-31/h1-28H. The summed E-state index contributed by atoms with van der Waals surface area (Å²) in [5, 5.41) is 4.50. The number of fused-ring (bicyclic) bond motifs is 6. The molecule has 5 heteroatoms. The van der Waals surface area contributed by atoms with E-state index >= 15 is 0 Å². The fraction of sp³-hybridized carbons (Fsp3) is 0. The van der Waals surface area contributed by atoms with Crippen LogP contribution in [0, 0.1) is 0 Å². The Hall–Kier alpha value is -6.85. The smallest absolute Gasteiger partial charge is 0.167 e. The lowest BCUT2D eigenvalue weighted by Crippen LogP contribution is -2.00. The van der Waals surface area contributed by atoms with Crippen molar-refractivity contribution in [2.75, 3.05) is 0 Å². The van der Waals surface area contributed by atoms with Crippen molar-refractivity contribution < 1.29 is 4.42 Å². The van der Waals surface area contributed by atoms with Crippen LogP contribution in [0.5, 0.6) is 0 Å². The van der Waals surface area contributed by atoms with Crippen molar-refractivity contribution in [3.63, 3.8) is 0 Å². The van der Waals surface area contributed by atoms with Gasteiger partial charge in [0.15, 0.2) is 17.5 Å². The fourth-order valence-corrected chi connectivity index (χ4v) is 7.19. The van der Waals surface area contributed by atoms with Gasteiger partial charge in [-0.05, 0) is 47.5 Å². The van der Waals surface area contributed by atoms with Crippen LogP contribution in [-0.4, -0.2) is 19.5 Å². The maximum atomic E-state index is 6.64. The van der Waals surface area contributed by atoms with Gasteiger partial charge in [0.2, 0.25) is 0 Å². The van der Waals surface area contributed by atoms with E-state index in [0.29, 0.717) is 17.5 Å². The molecule has 0 fully saturated rings. The first kappa shape index (κ1) is 28.2. The summed E-state index contributed by atoms with van der Waals surface area (Å²) in [6.45, 7) is 0. The van der Waals surface area contributed by atoms with Gasteiger partial charge in [-0.3, -0.25) is 0 Å². The number of aromatic nitrogens is 4. The molecule has 234 valence electrons. The van der Waals surface area contributed by atoms with Crippen LogP contribution >= 0.6 is 0 Å². The molecule has 10 aromatic rings. The van der Waals surface area contributed by atoms with Crippen molar-refractivity contribution in [3.8, 4) is 51.0 Å². The highest BCUT2D eigenvalue weighted by molar-refractivity contribution is 6.16. The molecule has 0 unspecified atom stereocenters.